The van der Waals surface area contributed by atoms with Gasteiger partial charge in [-0.15, -0.1) is 0 Å². The van der Waals surface area contributed by atoms with Crippen LogP contribution in [0.15, 0.2) is 0 Å². The lowest BCUT2D eigenvalue weighted by atomic mass is 9.69. The average molecular weight is 254 g/mol. The molecule has 0 aromatic heterocycles. The Morgan fingerprint density at radius 3 is 2.59 bits per heavy atom. The molecule has 4 heteroatoms. The van der Waals surface area contributed by atoms with Crippen LogP contribution in [0.25, 0.3) is 0 Å². The lowest BCUT2D eigenvalue weighted by Gasteiger charge is -2.33. The van der Waals surface area contributed by atoms with Gasteiger partial charge in [-0.25, -0.2) is 0 Å². The number of amides is 1. The molecule has 1 fully saturated rings. The van der Waals surface area contributed by atoms with Gasteiger partial charge in [-0.05, 0) is 44.1 Å². The first-order valence-corrected chi connectivity index (χ1v) is 7.83. The molecule has 0 radical (unpaired) electrons. The Morgan fingerprint density at radius 1 is 1.35 bits per heavy atom. The molecule has 1 aliphatic rings. The molecule has 1 N–H and O–H groups in total. The first-order valence-electron chi connectivity index (χ1n) is 6.44. The Hall–Kier alpha value is -0.690. The number of carbonyl (C=O) groups excluding carboxylic acids is 1. The molecular formula is C13H22N2OS. The molecule has 0 aromatic carbocycles. The fourth-order valence-corrected chi connectivity index (χ4v) is 2.51. The minimum Gasteiger partial charge on any atom is -0.355 e. The summed E-state index contributed by atoms with van der Waals surface area (Å²) in [5, 5.41) is 11.9. The van der Waals surface area contributed by atoms with Gasteiger partial charge in [-0.1, -0.05) is 12.8 Å². The topological polar surface area (TPSA) is 52.9 Å². The molecule has 0 spiro atoms. The molecule has 0 aromatic rings. The number of unbranched alkanes of at least 4 members (excludes halogenated alkanes) is 3. The van der Waals surface area contributed by atoms with E-state index in [1.165, 1.54) is 25.0 Å². The van der Waals surface area contributed by atoms with Crippen molar-refractivity contribution in [3.63, 3.8) is 0 Å². The van der Waals surface area contributed by atoms with Crippen LogP contribution < -0.4 is 5.32 Å². The summed E-state index contributed by atoms with van der Waals surface area (Å²) >= 11 is 1.88. The van der Waals surface area contributed by atoms with Crippen LogP contribution in [0, 0.1) is 16.7 Å². The van der Waals surface area contributed by atoms with Crippen LogP contribution in [0.4, 0.5) is 0 Å². The van der Waals surface area contributed by atoms with Gasteiger partial charge in [0.2, 0.25) is 5.91 Å². The molecule has 3 nitrogen and oxygen atoms in total. The number of thioether (sulfide) groups is 1. The summed E-state index contributed by atoms with van der Waals surface area (Å²) in [6.07, 6.45) is 9.31. The lowest BCUT2D eigenvalue weighted by Crippen LogP contribution is -2.44. The SMILES string of the molecule is CSCCCCCCNC(=O)C1(C#N)CCC1. The lowest BCUT2D eigenvalue weighted by molar-refractivity contribution is -0.131. The molecule has 0 heterocycles. The van der Waals surface area contributed by atoms with Crippen molar-refractivity contribution in [1.29, 1.82) is 5.26 Å². The Morgan fingerprint density at radius 2 is 2.06 bits per heavy atom. The van der Waals surface area contributed by atoms with Crippen molar-refractivity contribution in [2.75, 3.05) is 18.6 Å². The third-order valence-corrected chi connectivity index (χ3v) is 4.11. The quantitative estimate of drug-likeness (QED) is 0.678. The van der Waals surface area contributed by atoms with Gasteiger partial charge in [-0.2, -0.15) is 17.0 Å². The van der Waals surface area contributed by atoms with Crippen LogP contribution in [0.3, 0.4) is 0 Å². The van der Waals surface area contributed by atoms with Crippen molar-refractivity contribution >= 4 is 17.7 Å². The fourth-order valence-electron chi connectivity index (χ4n) is 2.02. The predicted molar refractivity (Wildman–Crippen MR) is 71.8 cm³/mol. The zero-order valence-electron chi connectivity index (χ0n) is 10.6. The van der Waals surface area contributed by atoms with Gasteiger partial charge >= 0.3 is 0 Å². The van der Waals surface area contributed by atoms with Crippen molar-refractivity contribution in [3.8, 4) is 6.07 Å². The van der Waals surface area contributed by atoms with E-state index in [2.05, 4.69) is 17.6 Å². The number of nitrogens with one attached hydrogen (secondary N) is 1. The van der Waals surface area contributed by atoms with Gasteiger partial charge in [0.25, 0.3) is 0 Å². The highest BCUT2D eigenvalue weighted by Gasteiger charge is 2.44. The highest BCUT2D eigenvalue weighted by Crippen LogP contribution is 2.40. The van der Waals surface area contributed by atoms with Crippen molar-refractivity contribution in [2.24, 2.45) is 5.41 Å². The molecule has 96 valence electrons. The molecule has 0 bridgehead atoms. The number of nitrogens with zero attached hydrogens (tertiary/aromatic N) is 1. The van der Waals surface area contributed by atoms with E-state index >= 15 is 0 Å². The summed E-state index contributed by atoms with van der Waals surface area (Å²) in [5.41, 5.74) is -0.682. The standard InChI is InChI=1S/C13H22N2OS/c1-17-10-5-3-2-4-9-15-12(16)13(11-14)7-6-8-13/h2-10H2,1H3,(H,15,16). The Kier molecular flexibility index (Phi) is 6.43. The van der Waals surface area contributed by atoms with Gasteiger partial charge in [0.15, 0.2) is 0 Å². The Balaban J connectivity index is 2.03. The molecule has 1 saturated carbocycles. The second-order valence-corrected chi connectivity index (χ2v) is 5.70. The van der Waals surface area contributed by atoms with E-state index in [-0.39, 0.29) is 5.91 Å². The minimum atomic E-state index is -0.682. The zero-order chi connectivity index (χ0) is 12.6. The Bertz CT molecular complexity index is 282. The third-order valence-electron chi connectivity index (χ3n) is 3.42. The van der Waals surface area contributed by atoms with Gasteiger partial charge in [0.1, 0.15) is 5.41 Å². The molecule has 1 aliphatic carbocycles. The Labute approximate surface area is 108 Å². The van der Waals surface area contributed by atoms with E-state index in [9.17, 15) is 4.79 Å². The number of carbonyl (C=O) groups is 1. The molecule has 0 saturated heterocycles. The molecule has 0 atom stereocenters. The number of hydrogen-bond acceptors (Lipinski definition) is 3. The van der Waals surface area contributed by atoms with E-state index < -0.39 is 5.41 Å². The molecule has 1 amide bonds. The van der Waals surface area contributed by atoms with Crippen molar-refractivity contribution in [3.05, 3.63) is 0 Å². The minimum absolute atomic E-state index is 0.0460. The molecule has 0 aliphatic heterocycles. The van der Waals surface area contributed by atoms with E-state index in [1.807, 2.05) is 11.8 Å². The zero-order valence-corrected chi connectivity index (χ0v) is 11.4. The van der Waals surface area contributed by atoms with Crippen LogP contribution >= 0.6 is 11.8 Å². The normalized spacial score (nSPS) is 16.9. The van der Waals surface area contributed by atoms with E-state index in [0.29, 0.717) is 0 Å². The van der Waals surface area contributed by atoms with Crippen LogP contribution in [0.5, 0.6) is 0 Å². The fraction of sp³-hybridized carbons (Fsp3) is 0.846. The summed E-state index contributed by atoms with van der Waals surface area (Å²) < 4.78 is 0. The second kappa shape index (κ2) is 7.60. The van der Waals surface area contributed by atoms with E-state index in [1.54, 1.807) is 0 Å². The van der Waals surface area contributed by atoms with Crippen LogP contribution in [0.2, 0.25) is 0 Å². The smallest absolute Gasteiger partial charge is 0.240 e. The summed E-state index contributed by atoms with van der Waals surface area (Å²) in [7, 11) is 0. The van der Waals surface area contributed by atoms with Gasteiger partial charge in [-0.3, -0.25) is 4.79 Å². The van der Waals surface area contributed by atoms with Gasteiger partial charge in [0, 0.05) is 6.54 Å². The number of nitriles is 1. The number of rotatable bonds is 8. The maximum absolute atomic E-state index is 11.8. The van der Waals surface area contributed by atoms with Crippen LogP contribution in [-0.2, 0) is 4.79 Å². The first kappa shape index (κ1) is 14.4. The molecule has 0 unspecified atom stereocenters. The summed E-state index contributed by atoms with van der Waals surface area (Å²) in [5.74, 6) is 1.18. The summed E-state index contributed by atoms with van der Waals surface area (Å²) in [6.45, 7) is 0.724. The highest BCUT2D eigenvalue weighted by molar-refractivity contribution is 7.98. The first-order chi connectivity index (χ1) is 8.25. The van der Waals surface area contributed by atoms with Crippen molar-refractivity contribution in [1.82, 2.24) is 5.32 Å². The van der Waals surface area contributed by atoms with E-state index in [0.717, 1.165) is 32.2 Å². The van der Waals surface area contributed by atoms with Gasteiger partial charge < -0.3 is 5.32 Å². The third kappa shape index (κ3) is 4.23. The van der Waals surface area contributed by atoms with Gasteiger partial charge in [0.05, 0.1) is 6.07 Å². The molecular weight excluding hydrogens is 232 g/mol. The van der Waals surface area contributed by atoms with Crippen molar-refractivity contribution < 1.29 is 4.79 Å². The maximum atomic E-state index is 11.8. The maximum Gasteiger partial charge on any atom is 0.240 e. The molecule has 17 heavy (non-hydrogen) atoms. The largest absolute Gasteiger partial charge is 0.355 e. The predicted octanol–water partition coefficient (Wildman–Crippen LogP) is 2.72. The van der Waals surface area contributed by atoms with Crippen LogP contribution in [0.1, 0.15) is 44.9 Å². The second-order valence-electron chi connectivity index (χ2n) is 4.71. The highest BCUT2D eigenvalue weighted by atomic mass is 32.2. The summed E-state index contributed by atoms with van der Waals surface area (Å²) in [6, 6.07) is 2.17. The monoisotopic (exact) mass is 254 g/mol. The van der Waals surface area contributed by atoms with Crippen LogP contribution in [-0.4, -0.2) is 24.5 Å². The van der Waals surface area contributed by atoms with E-state index in [4.69, 9.17) is 5.26 Å². The average Bonchev–Trinajstić information content (AvgIpc) is 2.27. The molecule has 1 rings (SSSR count). The summed E-state index contributed by atoms with van der Waals surface area (Å²) in [4.78, 5) is 11.8. The van der Waals surface area contributed by atoms with Crippen molar-refractivity contribution in [2.45, 2.75) is 44.9 Å². The number of hydrogen-bond donors (Lipinski definition) is 1.